The molecule has 0 spiro atoms. The van der Waals surface area contributed by atoms with Crippen LogP contribution in [0.1, 0.15) is 33.7 Å². The third kappa shape index (κ3) is 2.15. The van der Waals surface area contributed by atoms with Gasteiger partial charge in [-0.25, -0.2) is 4.90 Å². The van der Waals surface area contributed by atoms with Crippen molar-refractivity contribution in [3.8, 4) is 0 Å². The Morgan fingerprint density at radius 2 is 1.53 bits per heavy atom. The monoisotopic (exact) mass is 444 g/mol. The van der Waals surface area contributed by atoms with Gasteiger partial charge in [-0.3, -0.25) is 19.7 Å². The standard InChI is InChI=1S/C25H17ClN2O4/c1-13-10-11-18(19(12-13)28(31)32)27-23(29)21-20-14-6-2-4-8-16(14)25(26,22(21)24(27)30)17-9-5-3-7-15(17)20/h2-12,20-22H,1H3/t20?,21-,22-,25?/m1/s1. The summed E-state index contributed by atoms with van der Waals surface area (Å²) in [5, 5.41) is 11.7. The fourth-order valence-corrected chi connectivity index (χ4v) is 6.46. The van der Waals surface area contributed by atoms with Gasteiger partial charge in [-0.15, -0.1) is 11.6 Å². The van der Waals surface area contributed by atoms with E-state index in [1.165, 1.54) is 12.1 Å². The Labute approximate surface area is 188 Å². The highest BCUT2D eigenvalue weighted by Crippen LogP contribution is 2.66. The van der Waals surface area contributed by atoms with Gasteiger partial charge in [0, 0.05) is 12.0 Å². The van der Waals surface area contributed by atoms with Crippen molar-refractivity contribution in [2.45, 2.75) is 17.7 Å². The molecule has 3 aromatic rings. The second-order valence-corrected chi connectivity index (χ2v) is 9.22. The molecule has 0 N–H and O–H groups in total. The van der Waals surface area contributed by atoms with Crippen molar-refractivity contribution < 1.29 is 14.5 Å². The maximum atomic E-state index is 13.8. The lowest BCUT2D eigenvalue weighted by Crippen LogP contribution is -2.50. The van der Waals surface area contributed by atoms with E-state index in [9.17, 15) is 19.7 Å². The minimum absolute atomic E-state index is 0.00206. The molecule has 3 aromatic carbocycles. The molecule has 2 atom stereocenters. The van der Waals surface area contributed by atoms with E-state index in [1.54, 1.807) is 13.0 Å². The van der Waals surface area contributed by atoms with Gasteiger partial charge in [-0.1, -0.05) is 54.6 Å². The number of hydrogen-bond donors (Lipinski definition) is 0. The summed E-state index contributed by atoms with van der Waals surface area (Å²) >= 11 is 7.37. The van der Waals surface area contributed by atoms with Crippen LogP contribution < -0.4 is 4.90 Å². The van der Waals surface area contributed by atoms with Gasteiger partial charge in [0.1, 0.15) is 10.6 Å². The Morgan fingerprint density at radius 3 is 2.12 bits per heavy atom. The quantitative estimate of drug-likeness (QED) is 0.249. The summed E-state index contributed by atoms with van der Waals surface area (Å²) in [5.74, 6) is -2.82. The first-order valence-electron chi connectivity index (χ1n) is 10.4. The number of carbonyl (C=O) groups excluding carboxylic acids is 2. The average molecular weight is 445 g/mol. The Kier molecular flexibility index (Phi) is 3.76. The third-order valence-electron chi connectivity index (χ3n) is 7.08. The molecule has 7 rings (SSSR count). The van der Waals surface area contributed by atoms with E-state index in [1.807, 2.05) is 48.5 Å². The second kappa shape index (κ2) is 6.26. The van der Waals surface area contributed by atoms with Gasteiger partial charge < -0.3 is 0 Å². The molecule has 0 unspecified atom stereocenters. The number of nitro groups is 1. The Hall–Kier alpha value is -3.51. The van der Waals surface area contributed by atoms with Crippen molar-refractivity contribution in [1.82, 2.24) is 0 Å². The lowest BCUT2D eigenvalue weighted by Gasteiger charge is -2.50. The van der Waals surface area contributed by atoms with Crippen LogP contribution in [0.3, 0.4) is 0 Å². The van der Waals surface area contributed by atoms with Gasteiger partial charge in [0.2, 0.25) is 11.8 Å². The molecule has 0 radical (unpaired) electrons. The summed E-state index contributed by atoms with van der Waals surface area (Å²) < 4.78 is 0. The van der Waals surface area contributed by atoms with Crippen LogP contribution in [0, 0.1) is 28.9 Å². The summed E-state index contributed by atoms with van der Waals surface area (Å²) in [6.45, 7) is 1.73. The molecule has 2 amide bonds. The van der Waals surface area contributed by atoms with Crippen LogP contribution in [0.15, 0.2) is 66.7 Å². The molecule has 1 fully saturated rings. The number of anilines is 1. The van der Waals surface area contributed by atoms with Gasteiger partial charge in [0.05, 0.1) is 16.8 Å². The zero-order valence-electron chi connectivity index (χ0n) is 17.0. The average Bonchev–Trinajstić information content (AvgIpc) is 3.06. The van der Waals surface area contributed by atoms with Crippen molar-refractivity contribution in [3.05, 3.63) is 105 Å². The molecular formula is C25H17ClN2O4. The van der Waals surface area contributed by atoms with Crippen LogP contribution in [0.25, 0.3) is 0 Å². The first-order valence-corrected chi connectivity index (χ1v) is 10.7. The zero-order chi connectivity index (χ0) is 22.4. The zero-order valence-corrected chi connectivity index (χ0v) is 17.7. The number of imide groups is 1. The summed E-state index contributed by atoms with van der Waals surface area (Å²) in [6.07, 6.45) is 0. The molecule has 6 nitrogen and oxygen atoms in total. The normalized spacial score (nSPS) is 27.2. The molecule has 1 aliphatic heterocycles. The minimum atomic E-state index is -1.21. The van der Waals surface area contributed by atoms with E-state index >= 15 is 0 Å². The number of halogens is 1. The number of aryl methyl sites for hydroxylation is 1. The Morgan fingerprint density at radius 1 is 0.938 bits per heavy atom. The molecule has 2 bridgehead atoms. The minimum Gasteiger partial charge on any atom is -0.274 e. The van der Waals surface area contributed by atoms with Crippen LogP contribution in [0.2, 0.25) is 0 Å². The van der Waals surface area contributed by atoms with Crippen LogP contribution >= 0.6 is 11.6 Å². The van der Waals surface area contributed by atoms with Gasteiger partial charge >= 0.3 is 0 Å². The fourth-order valence-electron chi connectivity index (χ4n) is 5.89. The number of nitro benzene ring substituents is 1. The molecule has 4 aliphatic rings. The molecule has 3 aliphatic carbocycles. The van der Waals surface area contributed by atoms with Gasteiger partial charge in [0.15, 0.2) is 0 Å². The molecular weight excluding hydrogens is 428 g/mol. The van der Waals surface area contributed by atoms with Crippen molar-refractivity contribution in [1.29, 1.82) is 0 Å². The molecule has 32 heavy (non-hydrogen) atoms. The van der Waals surface area contributed by atoms with Crippen molar-refractivity contribution in [2.75, 3.05) is 4.90 Å². The highest BCUT2D eigenvalue weighted by atomic mass is 35.5. The molecule has 0 aromatic heterocycles. The first kappa shape index (κ1) is 19.2. The van der Waals surface area contributed by atoms with Crippen molar-refractivity contribution in [3.63, 3.8) is 0 Å². The van der Waals surface area contributed by atoms with Gasteiger partial charge in [-0.2, -0.15) is 0 Å². The first-order chi connectivity index (χ1) is 15.4. The smallest absolute Gasteiger partial charge is 0.274 e. The number of hydrogen-bond acceptors (Lipinski definition) is 4. The van der Waals surface area contributed by atoms with Crippen molar-refractivity contribution >= 4 is 34.8 Å². The number of rotatable bonds is 2. The largest absolute Gasteiger partial charge is 0.293 e. The highest BCUT2D eigenvalue weighted by Gasteiger charge is 2.68. The summed E-state index contributed by atoms with van der Waals surface area (Å²) in [5.41, 5.74) is 3.92. The molecule has 7 heteroatoms. The van der Waals surface area contributed by atoms with Crippen LogP contribution in [0.4, 0.5) is 11.4 Å². The lowest BCUT2D eigenvalue weighted by atomic mass is 9.54. The van der Waals surface area contributed by atoms with E-state index < -0.39 is 33.4 Å². The predicted molar refractivity (Wildman–Crippen MR) is 119 cm³/mol. The van der Waals surface area contributed by atoms with Gasteiger partial charge in [0.25, 0.3) is 5.69 Å². The number of carbonyl (C=O) groups is 2. The Balaban J connectivity index is 1.61. The molecule has 158 valence electrons. The maximum absolute atomic E-state index is 13.8. The lowest BCUT2D eigenvalue weighted by molar-refractivity contribution is -0.384. The Bertz CT molecular complexity index is 1320. The second-order valence-electron chi connectivity index (χ2n) is 8.63. The van der Waals surface area contributed by atoms with Gasteiger partial charge in [-0.05, 0) is 40.8 Å². The third-order valence-corrected chi connectivity index (χ3v) is 7.73. The molecule has 1 saturated heterocycles. The number of benzene rings is 3. The fraction of sp³-hybridized carbons (Fsp3) is 0.200. The number of amides is 2. The predicted octanol–water partition coefficient (Wildman–Crippen LogP) is 4.65. The van der Waals surface area contributed by atoms with E-state index in [4.69, 9.17) is 11.6 Å². The van der Waals surface area contributed by atoms with Crippen LogP contribution in [-0.4, -0.2) is 16.7 Å². The van der Waals surface area contributed by atoms with Crippen LogP contribution in [-0.2, 0) is 14.5 Å². The van der Waals surface area contributed by atoms with E-state index in [2.05, 4.69) is 0 Å². The number of alkyl halides is 1. The summed E-state index contributed by atoms with van der Waals surface area (Å²) in [7, 11) is 0. The highest BCUT2D eigenvalue weighted by molar-refractivity contribution is 6.33. The van der Waals surface area contributed by atoms with Crippen LogP contribution in [0.5, 0.6) is 0 Å². The summed E-state index contributed by atoms with van der Waals surface area (Å²) in [4.78, 5) is 38.6. The summed E-state index contributed by atoms with van der Waals surface area (Å²) in [6, 6.07) is 19.8. The molecule has 0 saturated carbocycles. The van der Waals surface area contributed by atoms with E-state index in [-0.39, 0.29) is 17.3 Å². The van der Waals surface area contributed by atoms with E-state index in [0.29, 0.717) is 5.56 Å². The maximum Gasteiger partial charge on any atom is 0.293 e. The molecule has 1 heterocycles. The SMILES string of the molecule is Cc1ccc(N2C(=O)[C@@H]3C4c5ccccc5C(Cl)(c5ccccc54)[C@H]3C2=O)c([N+](=O)[O-])c1. The number of nitrogens with zero attached hydrogens (tertiary/aromatic N) is 2. The van der Waals surface area contributed by atoms with E-state index in [0.717, 1.165) is 27.2 Å². The van der Waals surface area contributed by atoms with Crippen molar-refractivity contribution in [2.24, 2.45) is 11.8 Å². The topological polar surface area (TPSA) is 80.5 Å².